The zero-order valence-corrected chi connectivity index (χ0v) is 17.5. The molecular formula is C22H21N3O3S. The Morgan fingerprint density at radius 1 is 1.03 bits per heavy atom. The molecule has 0 fully saturated rings. The van der Waals surface area contributed by atoms with E-state index in [2.05, 4.69) is 4.98 Å². The number of methoxy groups -OCH3 is 2. The first-order valence-electron chi connectivity index (χ1n) is 9.20. The average molecular weight is 407 g/mol. The van der Waals surface area contributed by atoms with Crippen molar-refractivity contribution >= 4 is 21.6 Å². The highest BCUT2D eigenvalue weighted by atomic mass is 32.1. The van der Waals surface area contributed by atoms with E-state index in [1.807, 2.05) is 62.4 Å². The fourth-order valence-corrected chi connectivity index (χ4v) is 4.26. The molecule has 0 N–H and O–H groups in total. The van der Waals surface area contributed by atoms with E-state index in [0.29, 0.717) is 22.7 Å². The second kappa shape index (κ2) is 7.67. The van der Waals surface area contributed by atoms with Crippen LogP contribution in [0.2, 0.25) is 0 Å². The fourth-order valence-electron chi connectivity index (χ4n) is 3.35. The Balaban J connectivity index is 1.97. The number of hydrogen-bond acceptors (Lipinski definition) is 6. The summed E-state index contributed by atoms with van der Waals surface area (Å²) in [4.78, 5) is 17.7. The van der Waals surface area contributed by atoms with Crippen LogP contribution >= 0.6 is 11.3 Å². The predicted octanol–water partition coefficient (Wildman–Crippen LogP) is 4.45. The molecule has 7 heteroatoms. The fraction of sp³-hybridized carbons (Fsp3) is 0.227. The van der Waals surface area contributed by atoms with Gasteiger partial charge >= 0.3 is 0 Å². The number of fused-ring (bicyclic) bond motifs is 1. The van der Waals surface area contributed by atoms with Gasteiger partial charge in [-0.25, -0.2) is 9.67 Å². The van der Waals surface area contributed by atoms with Crippen LogP contribution < -0.4 is 15.0 Å². The van der Waals surface area contributed by atoms with Gasteiger partial charge in [0, 0.05) is 5.56 Å². The molecule has 0 aliphatic rings. The topological polar surface area (TPSA) is 66.2 Å². The van der Waals surface area contributed by atoms with Gasteiger partial charge in [0.25, 0.3) is 5.56 Å². The van der Waals surface area contributed by atoms with E-state index in [-0.39, 0.29) is 11.6 Å². The molecule has 4 aromatic rings. The van der Waals surface area contributed by atoms with Gasteiger partial charge in [-0.3, -0.25) is 4.79 Å². The third-order valence-corrected chi connectivity index (χ3v) is 5.85. The summed E-state index contributed by atoms with van der Waals surface area (Å²) in [6.45, 7) is 3.86. The standard InChI is InChI=1S/C22H21N3O3S/c1-13(15-8-6-5-7-9-15)25-22(26)20-21(29-14(2)23-20)19(24-25)16-10-11-17(27-3)18(12-16)28-4/h5-13H,1-4H3/t13-/m0/s1. The number of hydrogen-bond donors (Lipinski definition) is 0. The molecule has 1 atom stereocenters. The van der Waals surface area contributed by atoms with E-state index in [1.165, 1.54) is 16.0 Å². The lowest BCUT2D eigenvalue weighted by Gasteiger charge is -2.16. The second-order valence-electron chi connectivity index (χ2n) is 6.67. The van der Waals surface area contributed by atoms with Crippen LogP contribution in [0.1, 0.15) is 23.5 Å². The number of rotatable bonds is 5. The van der Waals surface area contributed by atoms with Gasteiger partial charge in [0.2, 0.25) is 0 Å². The summed E-state index contributed by atoms with van der Waals surface area (Å²) in [6.07, 6.45) is 0. The van der Waals surface area contributed by atoms with Crippen LogP contribution in [-0.2, 0) is 0 Å². The van der Waals surface area contributed by atoms with Crippen molar-refractivity contribution in [3.8, 4) is 22.8 Å². The van der Waals surface area contributed by atoms with E-state index >= 15 is 0 Å². The van der Waals surface area contributed by atoms with E-state index in [4.69, 9.17) is 14.6 Å². The second-order valence-corrected chi connectivity index (χ2v) is 7.87. The van der Waals surface area contributed by atoms with Gasteiger partial charge in [0.15, 0.2) is 17.0 Å². The molecule has 0 bridgehead atoms. The number of nitrogens with zero attached hydrogens (tertiary/aromatic N) is 3. The van der Waals surface area contributed by atoms with Crippen LogP contribution in [0.25, 0.3) is 21.5 Å². The van der Waals surface area contributed by atoms with E-state index in [1.54, 1.807) is 14.2 Å². The maximum Gasteiger partial charge on any atom is 0.294 e. The first-order valence-corrected chi connectivity index (χ1v) is 10.0. The van der Waals surface area contributed by atoms with E-state index in [0.717, 1.165) is 20.8 Å². The zero-order valence-electron chi connectivity index (χ0n) is 16.7. The highest BCUT2D eigenvalue weighted by Gasteiger charge is 2.20. The molecule has 0 spiro atoms. The van der Waals surface area contributed by atoms with Crippen molar-refractivity contribution in [2.24, 2.45) is 0 Å². The van der Waals surface area contributed by atoms with Gasteiger partial charge < -0.3 is 9.47 Å². The first kappa shape index (κ1) is 19.1. The molecule has 0 radical (unpaired) electrons. The van der Waals surface area contributed by atoms with Crippen molar-refractivity contribution in [1.82, 2.24) is 14.8 Å². The van der Waals surface area contributed by atoms with Crippen molar-refractivity contribution < 1.29 is 9.47 Å². The van der Waals surface area contributed by atoms with Crippen molar-refractivity contribution in [3.63, 3.8) is 0 Å². The predicted molar refractivity (Wildman–Crippen MR) is 115 cm³/mol. The zero-order chi connectivity index (χ0) is 20.5. The molecule has 2 aromatic carbocycles. The minimum Gasteiger partial charge on any atom is -0.493 e. The maximum absolute atomic E-state index is 13.2. The van der Waals surface area contributed by atoms with Gasteiger partial charge in [-0.2, -0.15) is 5.10 Å². The van der Waals surface area contributed by atoms with Gasteiger partial charge in [0.1, 0.15) is 5.69 Å². The Bertz CT molecular complexity index is 1230. The Hall–Kier alpha value is -3.19. The lowest BCUT2D eigenvalue weighted by Crippen LogP contribution is -2.27. The molecule has 29 heavy (non-hydrogen) atoms. The van der Waals surface area contributed by atoms with Crippen LogP contribution in [0.3, 0.4) is 0 Å². The molecule has 4 rings (SSSR count). The Labute approximate surface area is 172 Å². The van der Waals surface area contributed by atoms with Crippen LogP contribution in [0.15, 0.2) is 53.3 Å². The molecule has 0 aliphatic heterocycles. The van der Waals surface area contributed by atoms with Crippen molar-refractivity contribution in [2.45, 2.75) is 19.9 Å². The van der Waals surface area contributed by atoms with Crippen LogP contribution in [0, 0.1) is 6.92 Å². The van der Waals surface area contributed by atoms with Gasteiger partial charge in [-0.1, -0.05) is 30.3 Å². The molecule has 6 nitrogen and oxygen atoms in total. The summed E-state index contributed by atoms with van der Waals surface area (Å²) < 4.78 is 13.1. The summed E-state index contributed by atoms with van der Waals surface area (Å²) in [7, 11) is 3.20. The monoisotopic (exact) mass is 407 g/mol. The number of aryl methyl sites for hydroxylation is 1. The summed E-state index contributed by atoms with van der Waals surface area (Å²) >= 11 is 1.47. The van der Waals surface area contributed by atoms with Gasteiger partial charge in [-0.05, 0) is 37.6 Å². The largest absolute Gasteiger partial charge is 0.493 e. The van der Waals surface area contributed by atoms with Gasteiger partial charge in [0.05, 0.1) is 30.0 Å². The minimum atomic E-state index is -0.228. The maximum atomic E-state index is 13.2. The molecule has 2 heterocycles. The highest BCUT2D eigenvalue weighted by molar-refractivity contribution is 7.19. The molecule has 148 valence electrons. The Morgan fingerprint density at radius 3 is 2.45 bits per heavy atom. The van der Waals surface area contributed by atoms with Crippen molar-refractivity contribution in [1.29, 1.82) is 0 Å². The summed E-state index contributed by atoms with van der Waals surface area (Å²) in [5.74, 6) is 1.24. The number of thiazole rings is 1. The summed E-state index contributed by atoms with van der Waals surface area (Å²) in [6, 6.07) is 15.2. The van der Waals surface area contributed by atoms with E-state index in [9.17, 15) is 4.79 Å². The van der Waals surface area contributed by atoms with E-state index < -0.39 is 0 Å². The SMILES string of the molecule is COc1ccc(-c2nn([C@@H](C)c3ccccc3)c(=O)c3nc(C)sc23)cc1OC. The highest BCUT2D eigenvalue weighted by Crippen LogP contribution is 2.35. The quantitative estimate of drug-likeness (QED) is 0.489. The van der Waals surface area contributed by atoms with Crippen LogP contribution in [0.4, 0.5) is 0 Å². The molecule has 0 unspecified atom stereocenters. The summed E-state index contributed by atoms with van der Waals surface area (Å²) in [5.41, 5.74) is 2.80. The number of ether oxygens (including phenoxy) is 2. The number of benzene rings is 2. The first-order chi connectivity index (χ1) is 14.0. The van der Waals surface area contributed by atoms with Crippen LogP contribution in [-0.4, -0.2) is 29.0 Å². The van der Waals surface area contributed by atoms with Gasteiger partial charge in [-0.15, -0.1) is 11.3 Å². The van der Waals surface area contributed by atoms with Crippen molar-refractivity contribution in [2.75, 3.05) is 14.2 Å². The average Bonchev–Trinajstić information content (AvgIpc) is 3.15. The lowest BCUT2D eigenvalue weighted by molar-refractivity contribution is 0.355. The molecule has 0 saturated carbocycles. The molecule has 0 saturated heterocycles. The Morgan fingerprint density at radius 2 is 1.76 bits per heavy atom. The van der Waals surface area contributed by atoms with Crippen molar-refractivity contribution in [3.05, 3.63) is 69.5 Å². The number of aromatic nitrogens is 3. The van der Waals surface area contributed by atoms with Crippen LogP contribution in [0.5, 0.6) is 11.5 Å². The molecule has 0 aliphatic carbocycles. The molecular weight excluding hydrogens is 386 g/mol. The minimum absolute atomic E-state index is 0.190. The third kappa shape index (κ3) is 3.38. The Kier molecular flexibility index (Phi) is 5.07. The lowest BCUT2D eigenvalue weighted by atomic mass is 10.1. The normalized spacial score (nSPS) is 12.1. The third-order valence-electron chi connectivity index (χ3n) is 4.87. The summed E-state index contributed by atoms with van der Waals surface area (Å²) in [5, 5.41) is 5.59. The molecule has 0 amide bonds. The smallest absolute Gasteiger partial charge is 0.294 e. The molecule has 2 aromatic heterocycles.